The Hall–Kier alpha value is -7.01. The Morgan fingerprint density at radius 3 is 1.33 bits per heavy atom. The summed E-state index contributed by atoms with van der Waals surface area (Å²) in [6, 6.07) is 70.5. The summed E-state index contributed by atoms with van der Waals surface area (Å²) in [4.78, 5) is 15.2. The van der Waals surface area contributed by atoms with Crippen LogP contribution in [0.5, 0.6) is 0 Å². The van der Waals surface area contributed by atoms with Gasteiger partial charge in [0.2, 0.25) is 0 Å². The molecule has 8 aromatic carbocycles. The average molecular weight is 720 g/mol. The van der Waals surface area contributed by atoms with Crippen LogP contribution in [0.2, 0.25) is 0 Å². The number of benzene rings is 8. The molecule has 0 aliphatic heterocycles. The summed E-state index contributed by atoms with van der Waals surface area (Å²) < 4.78 is 2.55. The predicted molar refractivity (Wildman–Crippen MR) is 231 cm³/mol. The van der Waals surface area contributed by atoms with E-state index < -0.39 is 0 Å². The Kier molecular flexibility index (Phi) is 8.36. The van der Waals surface area contributed by atoms with Crippen LogP contribution in [0.1, 0.15) is 0 Å². The second-order valence-corrected chi connectivity index (χ2v) is 14.6. The predicted octanol–water partition coefficient (Wildman–Crippen LogP) is 13.9. The van der Waals surface area contributed by atoms with Crippen LogP contribution >= 0.6 is 11.3 Å². The van der Waals surface area contributed by atoms with Crippen molar-refractivity contribution in [1.29, 1.82) is 0 Å². The van der Waals surface area contributed by atoms with Crippen LogP contribution in [0.4, 0.5) is 0 Å². The minimum absolute atomic E-state index is 0.635. The molecule has 4 heteroatoms. The molecule has 0 saturated heterocycles. The second kappa shape index (κ2) is 14.1. The number of hydrogen-bond acceptors (Lipinski definition) is 4. The minimum atomic E-state index is 0.635. The van der Waals surface area contributed by atoms with Crippen LogP contribution in [0.3, 0.4) is 0 Å². The van der Waals surface area contributed by atoms with Gasteiger partial charge in [-0.25, -0.2) is 15.0 Å². The van der Waals surface area contributed by atoms with Gasteiger partial charge in [-0.3, -0.25) is 0 Å². The van der Waals surface area contributed by atoms with E-state index in [1.807, 2.05) is 35.6 Å². The first-order valence-corrected chi connectivity index (χ1v) is 19.3. The van der Waals surface area contributed by atoms with Gasteiger partial charge in [-0.1, -0.05) is 182 Å². The number of nitrogens with zero attached hydrogens (tertiary/aromatic N) is 3. The van der Waals surface area contributed by atoms with Crippen molar-refractivity contribution in [3.8, 4) is 78.7 Å². The smallest absolute Gasteiger partial charge is 0.164 e. The Balaban J connectivity index is 1.14. The van der Waals surface area contributed by atoms with E-state index in [1.54, 1.807) is 0 Å². The molecule has 0 aliphatic rings. The molecule has 0 bridgehead atoms. The normalized spacial score (nSPS) is 11.3. The van der Waals surface area contributed by atoms with Crippen molar-refractivity contribution in [2.75, 3.05) is 0 Å². The van der Waals surface area contributed by atoms with E-state index in [-0.39, 0.29) is 0 Å². The van der Waals surface area contributed by atoms with Gasteiger partial charge in [0.1, 0.15) is 0 Å². The standard InChI is InChI=1S/C51H33N3S/c1-5-15-34(16-6-1)36-27-29-39(30-28-36)50-52-49(38-21-11-4-12-22-38)53-51(54-50)41-24-13-23-40(31-41)45-32-42(35-17-7-2-8-18-35)33-46-44-26-14-25-43(47(44)55-48(45)46)37-19-9-3-10-20-37/h1-33H. The van der Waals surface area contributed by atoms with Crippen LogP contribution in [-0.4, -0.2) is 15.0 Å². The lowest BCUT2D eigenvalue weighted by Gasteiger charge is -2.12. The van der Waals surface area contributed by atoms with Gasteiger partial charge in [-0.05, 0) is 57.1 Å². The van der Waals surface area contributed by atoms with Crippen LogP contribution in [0.25, 0.3) is 98.8 Å². The topological polar surface area (TPSA) is 38.7 Å². The molecule has 10 aromatic rings. The van der Waals surface area contributed by atoms with E-state index in [0.717, 1.165) is 27.8 Å². The zero-order valence-electron chi connectivity index (χ0n) is 29.8. The molecule has 2 heterocycles. The van der Waals surface area contributed by atoms with Crippen LogP contribution in [0, 0.1) is 0 Å². The number of rotatable bonds is 7. The average Bonchev–Trinajstić information content (AvgIpc) is 3.66. The highest BCUT2D eigenvalue weighted by molar-refractivity contribution is 7.26. The first-order valence-electron chi connectivity index (χ1n) is 18.4. The molecule has 0 unspecified atom stereocenters. The number of thiophene rings is 1. The van der Waals surface area contributed by atoms with Gasteiger partial charge in [0.25, 0.3) is 0 Å². The van der Waals surface area contributed by atoms with E-state index in [2.05, 4.69) is 176 Å². The van der Waals surface area contributed by atoms with Crippen molar-refractivity contribution in [3.05, 3.63) is 200 Å². The summed E-state index contributed by atoms with van der Waals surface area (Å²) in [7, 11) is 0. The first-order chi connectivity index (χ1) is 27.2. The van der Waals surface area contributed by atoms with Crippen molar-refractivity contribution in [3.63, 3.8) is 0 Å². The molecular formula is C51H33N3S. The molecule has 55 heavy (non-hydrogen) atoms. The molecule has 2 aromatic heterocycles. The summed E-state index contributed by atoms with van der Waals surface area (Å²) in [6.45, 7) is 0. The lowest BCUT2D eigenvalue weighted by atomic mass is 9.94. The largest absolute Gasteiger partial charge is 0.208 e. The van der Waals surface area contributed by atoms with Crippen molar-refractivity contribution in [1.82, 2.24) is 15.0 Å². The maximum Gasteiger partial charge on any atom is 0.164 e. The Morgan fingerprint density at radius 1 is 0.255 bits per heavy atom. The zero-order valence-corrected chi connectivity index (χ0v) is 30.6. The molecule has 3 nitrogen and oxygen atoms in total. The second-order valence-electron chi connectivity index (χ2n) is 13.6. The molecule has 258 valence electrons. The minimum Gasteiger partial charge on any atom is -0.208 e. The summed E-state index contributed by atoms with van der Waals surface area (Å²) in [5.74, 6) is 1.92. The van der Waals surface area contributed by atoms with Crippen LogP contribution in [-0.2, 0) is 0 Å². The quantitative estimate of drug-likeness (QED) is 0.165. The molecule has 0 N–H and O–H groups in total. The molecule has 10 rings (SSSR count). The van der Waals surface area contributed by atoms with Gasteiger partial charge in [-0.15, -0.1) is 11.3 Å². The van der Waals surface area contributed by atoms with Gasteiger partial charge in [0, 0.05) is 42.4 Å². The molecular weight excluding hydrogens is 687 g/mol. The van der Waals surface area contributed by atoms with E-state index in [9.17, 15) is 0 Å². The SMILES string of the molecule is c1ccc(-c2ccc(-c3nc(-c4ccccc4)nc(-c4cccc(-c5cc(-c6ccccc6)cc6c5sc5c(-c7ccccc7)cccc56)c4)n3)cc2)cc1. The summed E-state index contributed by atoms with van der Waals surface area (Å²) >= 11 is 1.87. The van der Waals surface area contributed by atoms with Crippen molar-refractivity contribution >= 4 is 31.5 Å². The monoisotopic (exact) mass is 719 g/mol. The summed E-state index contributed by atoms with van der Waals surface area (Å²) in [5.41, 5.74) is 12.3. The molecule has 0 saturated carbocycles. The lowest BCUT2D eigenvalue weighted by Crippen LogP contribution is -2.00. The van der Waals surface area contributed by atoms with Crippen molar-refractivity contribution in [2.24, 2.45) is 0 Å². The molecule has 0 fully saturated rings. The van der Waals surface area contributed by atoms with E-state index >= 15 is 0 Å². The van der Waals surface area contributed by atoms with Gasteiger partial charge in [0.15, 0.2) is 17.5 Å². The Bertz CT molecular complexity index is 2940. The van der Waals surface area contributed by atoms with Crippen molar-refractivity contribution in [2.45, 2.75) is 0 Å². The fourth-order valence-electron chi connectivity index (χ4n) is 7.38. The molecule has 0 amide bonds. The van der Waals surface area contributed by atoms with Gasteiger partial charge >= 0.3 is 0 Å². The number of hydrogen-bond donors (Lipinski definition) is 0. The summed E-state index contributed by atoms with van der Waals surface area (Å²) in [6.07, 6.45) is 0. The van der Waals surface area contributed by atoms with E-state index in [4.69, 9.17) is 15.0 Å². The van der Waals surface area contributed by atoms with Crippen molar-refractivity contribution < 1.29 is 0 Å². The fraction of sp³-hybridized carbons (Fsp3) is 0. The Morgan fingerprint density at radius 2 is 0.691 bits per heavy atom. The zero-order chi connectivity index (χ0) is 36.6. The summed E-state index contributed by atoms with van der Waals surface area (Å²) in [5, 5.41) is 2.52. The molecule has 0 spiro atoms. The van der Waals surface area contributed by atoms with E-state index in [1.165, 1.54) is 53.6 Å². The third-order valence-electron chi connectivity index (χ3n) is 10.1. The highest BCUT2D eigenvalue weighted by Crippen LogP contribution is 2.46. The van der Waals surface area contributed by atoms with Gasteiger partial charge < -0.3 is 0 Å². The highest BCUT2D eigenvalue weighted by Gasteiger charge is 2.18. The maximum atomic E-state index is 5.12. The first kappa shape index (κ1) is 32.6. The van der Waals surface area contributed by atoms with Crippen LogP contribution in [0.15, 0.2) is 200 Å². The van der Waals surface area contributed by atoms with Crippen LogP contribution < -0.4 is 0 Å². The van der Waals surface area contributed by atoms with E-state index in [0.29, 0.717) is 17.5 Å². The third kappa shape index (κ3) is 6.29. The molecule has 0 radical (unpaired) electrons. The highest BCUT2D eigenvalue weighted by atomic mass is 32.1. The molecule has 0 atom stereocenters. The lowest BCUT2D eigenvalue weighted by molar-refractivity contribution is 1.07. The fourth-order valence-corrected chi connectivity index (χ4v) is 8.73. The van der Waals surface area contributed by atoms with Gasteiger partial charge in [0.05, 0.1) is 0 Å². The maximum absolute atomic E-state index is 5.12. The third-order valence-corrected chi connectivity index (χ3v) is 11.4. The van der Waals surface area contributed by atoms with Gasteiger partial charge in [-0.2, -0.15) is 0 Å². The molecule has 0 aliphatic carbocycles. The Labute approximate surface area is 323 Å². The number of aromatic nitrogens is 3. The number of fused-ring (bicyclic) bond motifs is 3.